The lowest BCUT2D eigenvalue weighted by Crippen LogP contribution is -2.45. The molecule has 0 amide bonds. The smallest absolute Gasteiger partial charge is 0.213 e. The number of sulfonamides is 1. The molecule has 1 aliphatic rings. The second-order valence-corrected chi connectivity index (χ2v) is 12.0. The molecule has 2 aromatic heterocycles. The Kier molecular flexibility index (Phi) is 6.28. The Morgan fingerprint density at radius 3 is 2.70 bits per heavy atom. The molecule has 1 atom stereocenters. The summed E-state index contributed by atoms with van der Waals surface area (Å²) in [6.45, 7) is 5.28. The van der Waals surface area contributed by atoms with Gasteiger partial charge in [-0.05, 0) is 56.5 Å². The molecule has 1 fully saturated rings. The van der Waals surface area contributed by atoms with Gasteiger partial charge in [0.1, 0.15) is 16.5 Å². The third kappa shape index (κ3) is 4.60. The van der Waals surface area contributed by atoms with E-state index in [2.05, 4.69) is 18.7 Å². The number of primary sulfonamides is 1. The van der Waals surface area contributed by atoms with E-state index in [0.717, 1.165) is 45.3 Å². The second-order valence-electron chi connectivity index (χ2n) is 7.47. The summed E-state index contributed by atoms with van der Waals surface area (Å²) < 4.78 is 23.9. The van der Waals surface area contributed by atoms with Gasteiger partial charge in [-0.25, -0.2) is 23.5 Å². The number of aromatic nitrogens is 2. The first kappa shape index (κ1) is 21.8. The van der Waals surface area contributed by atoms with Gasteiger partial charge in [0.2, 0.25) is 10.0 Å². The molecule has 1 unspecified atom stereocenters. The average molecular weight is 483 g/mol. The minimum absolute atomic E-state index is 0.364. The number of thiophene rings is 1. The third-order valence-electron chi connectivity index (χ3n) is 5.38. The fourth-order valence-corrected chi connectivity index (χ4v) is 6.45. The number of anilines is 1. The van der Waals surface area contributed by atoms with Crippen molar-refractivity contribution in [3.05, 3.63) is 45.6 Å². The number of fused-ring (bicyclic) bond motifs is 1. The SMILES string of the molecule is Cc1sc2nc(CSc3ccc(Cl)cc3)nc(N3CCCC(S(N)(=O)=O)C3)c2c1C. The van der Waals surface area contributed by atoms with Crippen LogP contribution < -0.4 is 10.0 Å². The number of rotatable bonds is 5. The zero-order valence-electron chi connectivity index (χ0n) is 16.8. The highest BCUT2D eigenvalue weighted by atomic mass is 35.5. The number of hydrogen-bond donors (Lipinski definition) is 1. The van der Waals surface area contributed by atoms with Gasteiger partial charge in [-0.2, -0.15) is 0 Å². The topological polar surface area (TPSA) is 89.2 Å². The molecule has 0 bridgehead atoms. The van der Waals surface area contributed by atoms with Crippen molar-refractivity contribution in [1.29, 1.82) is 0 Å². The quantitative estimate of drug-likeness (QED) is 0.538. The maximum absolute atomic E-state index is 12.0. The van der Waals surface area contributed by atoms with Crippen molar-refractivity contribution < 1.29 is 8.42 Å². The zero-order valence-corrected chi connectivity index (χ0v) is 20.0. The van der Waals surface area contributed by atoms with Crippen LogP contribution in [0.4, 0.5) is 5.82 Å². The van der Waals surface area contributed by atoms with E-state index < -0.39 is 15.3 Å². The predicted molar refractivity (Wildman–Crippen MR) is 126 cm³/mol. The van der Waals surface area contributed by atoms with E-state index in [4.69, 9.17) is 26.7 Å². The lowest BCUT2D eigenvalue weighted by atomic mass is 10.1. The molecule has 3 aromatic rings. The van der Waals surface area contributed by atoms with Crippen LogP contribution in [0.3, 0.4) is 0 Å². The average Bonchev–Trinajstić information content (AvgIpc) is 3.00. The summed E-state index contributed by atoms with van der Waals surface area (Å²) in [5.74, 6) is 2.17. The van der Waals surface area contributed by atoms with Gasteiger partial charge in [-0.1, -0.05) is 11.6 Å². The molecule has 2 N–H and O–H groups in total. The monoisotopic (exact) mass is 482 g/mol. The van der Waals surface area contributed by atoms with Crippen molar-refractivity contribution in [3.8, 4) is 0 Å². The molecule has 1 aliphatic heterocycles. The minimum Gasteiger partial charge on any atom is -0.355 e. The predicted octanol–water partition coefficient (Wildman–Crippen LogP) is 4.51. The van der Waals surface area contributed by atoms with Crippen LogP contribution in [0.5, 0.6) is 0 Å². The van der Waals surface area contributed by atoms with Gasteiger partial charge in [-0.3, -0.25) is 0 Å². The Bertz CT molecular complexity index is 1180. The molecule has 160 valence electrons. The van der Waals surface area contributed by atoms with Gasteiger partial charge in [-0.15, -0.1) is 23.1 Å². The lowest BCUT2D eigenvalue weighted by molar-refractivity contribution is 0.531. The normalized spacial score (nSPS) is 17.6. The molecule has 0 radical (unpaired) electrons. The first-order valence-electron chi connectivity index (χ1n) is 9.64. The van der Waals surface area contributed by atoms with Crippen LogP contribution in [-0.4, -0.2) is 36.7 Å². The zero-order chi connectivity index (χ0) is 21.5. The second kappa shape index (κ2) is 8.63. The van der Waals surface area contributed by atoms with E-state index in [0.29, 0.717) is 23.7 Å². The molecule has 4 rings (SSSR count). The van der Waals surface area contributed by atoms with Crippen LogP contribution in [0.25, 0.3) is 10.2 Å². The number of piperidine rings is 1. The van der Waals surface area contributed by atoms with Crippen molar-refractivity contribution in [3.63, 3.8) is 0 Å². The Morgan fingerprint density at radius 2 is 2.00 bits per heavy atom. The van der Waals surface area contributed by atoms with E-state index in [1.807, 2.05) is 24.3 Å². The highest BCUT2D eigenvalue weighted by Gasteiger charge is 2.30. The Morgan fingerprint density at radius 1 is 1.27 bits per heavy atom. The third-order valence-corrected chi connectivity index (χ3v) is 9.05. The summed E-state index contributed by atoms with van der Waals surface area (Å²) in [5, 5.41) is 6.61. The fraction of sp³-hybridized carbons (Fsp3) is 0.400. The van der Waals surface area contributed by atoms with Crippen LogP contribution in [0.2, 0.25) is 5.02 Å². The van der Waals surface area contributed by atoms with Gasteiger partial charge >= 0.3 is 0 Å². The molecule has 0 aliphatic carbocycles. The highest BCUT2D eigenvalue weighted by Crippen LogP contribution is 2.37. The lowest BCUT2D eigenvalue weighted by Gasteiger charge is -2.33. The number of hydrogen-bond acceptors (Lipinski definition) is 7. The molecule has 6 nitrogen and oxygen atoms in total. The van der Waals surface area contributed by atoms with Crippen molar-refractivity contribution in [1.82, 2.24) is 9.97 Å². The molecule has 10 heteroatoms. The molecule has 3 heterocycles. The molecular weight excluding hydrogens is 460 g/mol. The maximum Gasteiger partial charge on any atom is 0.213 e. The molecule has 0 spiro atoms. The van der Waals surface area contributed by atoms with E-state index >= 15 is 0 Å². The van der Waals surface area contributed by atoms with Gasteiger partial charge in [0.15, 0.2) is 0 Å². The minimum atomic E-state index is -3.58. The number of nitrogens with zero attached hydrogens (tertiary/aromatic N) is 3. The van der Waals surface area contributed by atoms with Crippen LogP contribution >= 0.6 is 34.7 Å². The summed E-state index contributed by atoms with van der Waals surface area (Å²) in [6, 6.07) is 7.69. The first-order chi connectivity index (χ1) is 14.2. The Labute approximate surface area is 189 Å². The van der Waals surface area contributed by atoms with Gasteiger partial charge in [0.05, 0.1) is 16.4 Å². The van der Waals surface area contributed by atoms with Crippen molar-refractivity contribution in [2.75, 3.05) is 18.0 Å². The summed E-state index contributed by atoms with van der Waals surface area (Å²) >= 11 is 9.27. The molecule has 0 saturated carbocycles. The van der Waals surface area contributed by atoms with E-state index in [1.165, 1.54) is 4.88 Å². The molecule has 1 aromatic carbocycles. The van der Waals surface area contributed by atoms with E-state index in [-0.39, 0.29) is 0 Å². The van der Waals surface area contributed by atoms with Crippen molar-refractivity contribution in [2.24, 2.45) is 5.14 Å². The van der Waals surface area contributed by atoms with Crippen LogP contribution in [0, 0.1) is 13.8 Å². The van der Waals surface area contributed by atoms with E-state index in [9.17, 15) is 8.42 Å². The Hall–Kier alpha value is -1.39. The van der Waals surface area contributed by atoms with Gasteiger partial charge in [0.25, 0.3) is 0 Å². The van der Waals surface area contributed by atoms with Gasteiger partial charge < -0.3 is 4.90 Å². The van der Waals surface area contributed by atoms with Crippen molar-refractivity contribution >= 4 is 60.8 Å². The summed E-state index contributed by atoms with van der Waals surface area (Å²) in [6.07, 6.45) is 1.36. The number of benzene rings is 1. The van der Waals surface area contributed by atoms with Gasteiger partial charge in [0, 0.05) is 27.9 Å². The number of thioether (sulfide) groups is 1. The molecular formula is C20H23ClN4O2S3. The number of aryl methyl sites for hydroxylation is 2. The number of nitrogens with two attached hydrogens (primary N) is 1. The maximum atomic E-state index is 12.0. The van der Waals surface area contributed by atoms with Crippen LogP contribution in [0.15, 0.2) is 29.2 Å². The summed E-state index contributed by atoms with van der Waals surface area (Å²) in [4.78, 5) is 15.0. The standard InChI is InChI=1S/C20H23ClN4O2S3/c1-12-13(2)29-20-18(12)19(25-9-3-4-16(10-25)30(22,26)27)23-17(24-20)11-28-15-7-5-14(21)6-8-15/h5-8,16H,3-4,9-11H2,1-2H3,(H2,22,26,27). The molecule has 1 saturated heterocycles. The van der Waals surface area contributed by atoms with E-state index in [1.54, 1.807) is 23.1 Å². The highest BCUT2D eigenvalue weighted by molar-refractivity contribution is 7.98. The molecule has 30 heavy (non-hydrogen) atoms. The summed E-state index contributed by atoms with van der Waals surface area (Å²) in [7, 11) is -3.58. The van der Waals surface area contributed by atoms with Crippen LogP contribution in [0.1, 0.15) is 29.1 Å². The Balaban J connectivity index is 1.69. The number of halogens is 1. The summed E-state index contributed by atoms with van der Waals surface area (Å²) in [5.41, 5.74) is 1.15. The largest absolute Gasteiger partial charge is 0.355 e. The fourth-order valence-electron chi connectivity index (χ4n) is 3.64. The van der Waals surface area contributed by atoms with Crippen molar-refractivity contribution in [2.45, 2.75) is 42.6 Å². The van der Waals surface area contributed by atoms with Crippen LogP contribution in [-0.2, 0) is 15.8 Å². The first-order valence-corrected chi connectivity index (χ1v) is 13.4.